The average Bonchev–Trinajstić information content (AvgIpc) is 3.51. The molecule has 2 unspecified atom stereocenters. The maximum absolute atomic E-state index is 6.33. The minimum Gasteiger partial charge on any atom is -0.353 e. The maximum atomic E-state index is 6.33. The maximum Gasteiger partial charge on any atom is 0.179 e. The van der Waals surface area contributed by atoms with Gasteiger partial charge in [-0.2, -0.15) is 0 Å². The Morgan fingerprint density at radius 2 is 0.412 bits per heavy atom. The third-order valence-corrected chi connectivity index (χ3v) is 17.6. The molecule has 0 N–H and O–H groups in total. The van der Waals surface area contributed by atoms with E-state index in [1.54, 1.807) is 14.2 Å². The van der Waals surface area contributed by atoms with Gasteiger partial charge in [0.15, 0.2) is 25.2 Å². The number of methoxy groups -OCH3 is 2. The van der Waals surface area contributed by atoms with Crippen LogP contribution in [-0.2, 0) is 33.2 Å². The summed E-state index contributed by atoms with van der Waals surface area (Å²) in [5, 5.41) is 0. The lowest BCUT2D eigenvalue weighted by molar-refractivity contribution is -0.188. The largest absolute Gasteiger partial charge is 0.353 e. The molecule has 0 aromatic rings. The minimum absolute atomic E-state index is 0.00550. The van der Waals surface area contributed by atoms with Crippen LogP contribution < -0.4 is 0 Å². The molecule has 508 valence electrons. The van der Waals surface area contributed by atoms with Crippen LogP contribution >= 0.6 is 0 Å². The lowest BCUT2D eigenvalue weighted by Gasteiger charge is -2.19. The molecule has 85 heavy (non-hydrogen) atoms. The van der Waals surface area contributed by atoms with E-state index in [4.69, 9.17) is 33.2 Å². The first-order valence-electron chi connectivity index (χ1n) is 38.7. The van der Waals surface area contributed by atoms with Gasteiger partial charge in [0.2, 0.25) is 0 Å². The zero-order valence-electron chi connectivity index (χ0n) is 58.7. The fourth-order valence-corrected chi connectivity index (χ4v) is 11.8. The number of ether oxygens (including phenoxy) is 7. The van der Waals surface area contributed by atoms with Crippen molar-refractivity contribution < 1.29 is 33.2 Å². The van der Waals surface area contributed by atoms with Crippen LogP contribution in [0.15, 0.2) is 24.3 Å². The molecular formula is C78H154O7. The number of unbranched alkanes of at least 4 members (excludes halogenated alkanes) is 52. The number of hydrogen-bond acceptors (Lipinski definition) is 7. The topological polar surface area (TPSA) is 64.6 Å². The van der Waals surface area contributed by atoms with Crippen LogP contribution in [0.5, 0.6) is 0 Å². The van der Waals surface area contributed by atoms with E-state index in [9.17, 15) is 0 Å². The van der Waals surface area contributed by atoms with Crippen molar-refractivity contribution in [1.29, 1.82) is 0 Å². The van der Waals surface area contributed by atoms with Crippen LogP contribution in [0.2, 0.25) is 0 Å². The molecule has 0 amide bonds. The molecule has 0 saturated heterocycles. The van der Waals surface area contributed by atoms with Crippen molar-refractivity contribution in [3.63, 3.8) is 0 Å². The van der Waals surface area contributed by atoms with Gasteiger partial charge in [-0.25, -0.2) is 0 Å². The molecule has 0 fully saturated rings. The summed E-state index contributed by atoms with van der Waals surface area (Å²) in [6.07, 6.45) is 87.1. The second-order valence-corrected chi connectivity index (χ2v) is 26.1. The Morgan fingerprint density at radius 1 is 0.224 bits per heavy atom. The van der Waals surface area contributed by atoms with Gasteiger partial charge < -0.3 is 33.2 Å². The third kappa shape index (κ3) is 68.9. The fourth-order valence-electron chi connectivity index (χ4n) is 11.8. The molecule has 0 aliphatic carbocycles. The molecule has 0 aromatic carbocycles. The molecule has 0 saturated carbocycles. The van der Waals surface area contributed by atoms with Crippen molar-refractivity contribution in [2.75, 3.05) is 40.6 Å². The lowest BCUT2D eigenvalue weighted by Crippen LogP contribution is -2.22. The monoisotopic (exact) mass is 1200 g/mol. The summed E-state index contributed by atoms with van der Waals surface area (Å²) < 4.78 is 42.7. The normalized spacial score (nSPS) is 12.9. The lowest BCUT2D eigenvalue weighted by atomic mass is 10.0. The Hall–Kier alpha value is -0.800. The van der Waals surface area contributed by atoms with E-state index in [-0.39, 0.29) is 25.2 Å². The summed E-state index contributed by atoms with van der Waals surface area (Å²) in [6, 6.07) is 0. The Labute approximate surface area is 533 Å². The number of allylic oxidation sites excluding steroid dienone is 2. The molecule has 0 rings (SSSR count). The van der Waals surface area contributed by atoms with Crippen LogP contribution in [0.25, 0.3) is 0 Å². The molecule has 0 heterocycles. The van der Waals surface area contributed by atoms with E-state index in [1.807, 2.05) is 0 Å². The molecular weight excluding hydrogens is 1050 g/mol. The van der Waals surface area contributed by atoms with Crippen molar-refractivity contribution in [2.24, 2.45) is 0 Å². The summed E-state index contributed by atoms with van der Waals surface area (Å²) in [6.45, 7) is 12.6. The van der Waals surface area contributed by atoms with Crippen LogP contribution in [0.4, 0.5) is 0 Å². The Kier molecular flexibility index (Phi) is 74.9. The standard InChI is InChI=1S/C78H154O7/c1-7-11-15-19-23-47-55-63-71-81-77(82-72-64-56-48-24-20-16-12-8-2)69-61-53-45-41-37-33-29-27-31-35-39-43-51-59-67-75(79-5)85-76(80-6)68-60-52-44-40-36-32-28-30-34-38-42-46-54-62-70-78(83-73-65-57-49-25-21-17-13-9-3)84-74-66-58-50-26-22-18-14-10-4/h59-60,67-68,75-78H,7-58,61-66,69-74H2,1-6H3. The fraction of sp³-hybridized carbons (Fsp3) is 0.949. The summed E-state index contributed by atoms with van der Waals surface area (Å²) in [5.74, 6) is 0. The molecule has 0 aliphatic rings. The summed E-state index contributed by atoms with van der Waals surface area (Å²) >= 11 is 0. The highest BCUT2D eigenvalue weighted by Crippen LogP contribution is 2.20. The second-order valence-electron chi connectivity index (χ2n) is 26.1. The Bertz CT molecular complexity index is 1110. The SMILES string of the molecule is CCCCCCCCCCOC(CCCCCCCCCCCCCCC=CC(OC)OC(C=CCCCCCCCCCCCCCCC(OCCCCCCCCCC)OCCCCCCCCCC)OC)OCCCCCCCCCC. The van der Waals surface area contributed by atoms with E-state index < -0.39 is 0 Å². The van der Waals surface area contributed by atoms with Gasteiger partial charge in [-0.3, -0.25) is 0 Å². The van der Waals surface area contributed by atoms with Crippen molar-refractivity contribution in [2.45, 2.75) is 438 Å². The number of rotatable bonds is 76. The molecule has 0 aromatic heterocycles. The molecule has 0 aliphatic heterocycles. The first-order chi connectivity index (χ1) is 42.1. The van der Waals surface area contributed by atoms with Crippen molar-refractivity contribution in [1.82, 2.24) is 0 Å². The van der Waals surface area contributed by atoms with Gasteiger partial charge in [0.05, 0.1) is 0 Å². The highest BCUT2D eigenvalue weighted by molar-refractivity contribution is 4.89. The van der Waals surface area contributed by atoms with Crippen molar-refractivity contribution in [3.05, 3.63) is 24.3 Å². The van der Waals surface area contributed by atoms with E-state index >= 15 is 0 Å². The molecule has 0 spiro atoms. The molecule has 0 bridgehead atoms. The highest BCUT2D eigenvalue weighted by atomic mass is 16.8. The zero-order chi connectivity index (χ0) is 61.3. The quantitative estimate of drug-likeness (QED) is 0.0341. The molecule has 7 nitrogen and oxygen atoms in total. The van der Waals surface area contributed by atoms with Crippen molar-refractivity contribution >= 4 is 0 Å². The summed E-state index contributed by atoms with van der Waals surface area (Å²) in [4.78, 5) is 0. The van der Waals surface area contributed by atoms with Gasteiger partial charge in [0.1, 0.15) is 0 Å². The van der Waals surface area contributed by atoms with Gasteiger partial charge in [-0.15, -0.1) is 0 Å². The Morgan fingerprint density at radius 3 is 0.624 bits per heavy atom. The second kappa shape index (κ2) is 75.7. The minimum atomic E-state index is -0.389. The predicted molar refractivity (Wildman–Crippen MR) is 372 cm³/mol. The predicted octanol–water partition coefficient (Wildman–Crippen LogP) is 26.3. The van der Waals surface area contributed by atoms with Gasteiger partial charge in [-0.05, 0) is 89.2 Å². The van der Waals surface area contributed by atoms with Crippen LogP contribution in [0.1, 0.15) is 413 Å². The number of hydrogen-bond donors (Lipinski definition) is 0. The summed E-state index contributed by atoms with van der Waals surface area (Å²) in [5.41, 5.74) is 0. The highest BCUT2D eigenvalue weighted by Gasteiger charge is 2.13. The zero-order valence-corrected chi connectivity index (χ0v) is 58.7. The first-order valence-corrected chi connectivity index (χ1v) is 38.7. The first kappa shape index (κ1) is 84.2. The van der Waals surface area contributed by atoms with Gasteiger partial charge in [-0.1, -0.05) is 348 Å². The van der Waals surface area contributed by atoms with Crippen LogP contribution in [-0.4, -0.2) is 65.8 Å². The van der Waals surface area contributed by atoms with Crippen LogP contribution in [0.3, 0.4) is 0 Å². The van der Waals surface area contributed by atoms with Gasteiger partial charge in [0.25, 0.3) is 0 Å². The van der Waals surface area contributed by atoms with E-state index in [0.29, 0.717) is 0 Å². The van der Waals surface area contributed by atoms with E-state index in [2.05, 4.69) is 52.0 Å². The van der Waals surface area contributed by atoms with Crippen LogP contribution in [0, 0.1) is 0 Å². The van der Waals surface area contributed by atoms with Gasteiger partial charge >= 0.3 is 0 Å². The Balaban J connectivity index is 4.00. The third-order valence-electron chi connectivity index (χ3n) is 17.6. The van der Waals surface area contributed by atoms with E-state index in [1.165, 1.54) is 360 Å². The van der Waals surface area contributed by atoms with Crippen molar-refractivity contribution in [3.8, 4) is 0 Å². The molecule has 0 radical (unpaired) electrons. The molecule has 2 atom stereocenters. The van der Waals surface area contributed by atoms with E-state index in [0.717, 1.165) is 52.1 Å². The smallest absolute Gasteiger partial charge is 0.179 e. The average molecular weight is 1200 g/mol. The molecule has 7 heteroatoms. The van der Waals surface area contributed by atoms with Gasteiger partial charge in [0, 0.05) is 40.6 Å². The summed E-state index contributed by atoms with van der Waals surface area (Å²) in [7, 11) is 3.43.